The van der Waals surface area contributed by atoms with E-state index in [0.717, 1.165) is 37.3 Å². The molecule has 0 amide bonds. The van der Waals surface area contributed by atoms with Crippen molar-refractivity contribution in [2.24, 2.45) is 0 Å². The van der Waals surface area contributed by atoms with E-state index in [1.54, 1.807) is 12.1 Å². The molecular weight excluding hydrogens is 596 g/mol. The second kappa shape index (κ2) is 18.3. The molecule has 0 spiro atoms. The van der Waals surface area contributed by atoms with Crippen LogP contribution in [0.1, 0.15) is 63.8 Å². The summed E-state index contributed by atoms with van der Waals surface area (Å²) in [4.78, 5) is 4.52. The van der Waals surface area contributed by atoms with Crippen molar-refractivity contribution >= 4 is 0 Å². The van der Waals surface area contributed by atoms with Gasteiger partial charge in [-0.1, -0.05) is 65.8 Å². The minimum Gasteiger partial charge on any atom is -0.508 e. The first-order valence-corrected chi connectivity index (χ1v) is 15.3. The van der Waals surface area contributed by atoms with Crippen LogP contribution in [0.15, 0.2) is 36.4 Å². The van der Waals surface area contributed by atoms with E-state index >= 15 is 0 Å². The van der Waals surface area contributed by atoms with Gasteiger partial charge < -0.3 is 29.2 Å². The smallest absolute Gasteiger partial charge is 0.508 e. The van der Waals surface area contributed by atoms with Crippen LogP contribution in [0.2, 0.25) is 0 Å². The molecule has 1 fully saturated rings. The number of nitrogens with zero attached hydrogens (tertiary/aromatic N) is 2. The standard InChI is InChI=1S/C34H54N2O6.Cu/c1-33(2,3)29-7-9-31(37)27(23-29)25-35-11-15-39-19-21-41-17-13-36(14-18-42-22-20-40-16-12-35)26-28-24-30(34(4,5)6)8-10-32(28)38;/h7-10,23-24,37-38H,11-22,25-26H2,1-6H3;/q;+2. The minimum atomic E-state index is 0. The Morgan fingerprint density at radius 1 is 0.535 bits per heavy atom. The number of benzene rings is 2. The van der Waals surface area contributed by atoms with Crippen molar-refractivity contribution in [2.45, 2.75) is 65.5 Å². The van der Waals surface area contributed by atoms with Gasteiger partial charge in [0.05, 0.1) is 52.9 Å². The number of hydrogen-bond donors (Lipinski definition) is 2. The van der Waals surface area contributed by atoms with Crippen LogP contribution < -0.4 is 0 Å². The van der Waals surface area contributed by atoms with Crippen molar-refractivity contribution in [3.05, 3.63) is 58.7 Å². The summed E-state index contributed by atoms with van der Waals surface area (Å²) in [6.45, 7) is 21.6. The Morgan fingerprint density at radius 2 is 0.837 bits per heavy atom. The molecule has 9 heteroatoms. The van der Waals surface area contributed by atoms with Gasteiger partial charge in [0.15, 0.2) is 0 Å². The SMILES string of the molecule is CC(C)(C)c1ccc(O)c(CN2CCOCCOCCN(Cc3cc(C(C)(C)C)ccc3O)CCOCCOCC2)c1.[Cu+2]. The first-order chi connectivity index (χ1) is 19.9. The maximum atomic E-state index is 10.5. The summed E-state index contributed by atoms with van der Waals surface area (Å²) >= 11 is 0. The van der Waals surface area contributed by atoms with Crippen molar-refractivity contribution in [1.29, 1.82) is 0 Å². The van der Waals surface area contributed by atoms with Gasteiger partial charge >= 0.3 is 17.1 Å². The van der Waals surface area contributed by atoms with Gasteiger partial charge in [-0.2, -0.15) is 0 Å². The summed E-state index contributed by atoms with van der Waals surface area (Å²) < 4.78 is 23.6. The maximum absolute atomic E-state index is 10.5. The number of hydrogen-bond acceptors (Lipinski definition) is 8. The van der Waals surface area contributed by atoms with Crippen molar-refractivity contribution in [1.82, 2.24) is 9.80 Å². The quantitative estimate of drug-likeness (QED) is 0.444. The van der Waals surface area contributed by atoms with Crippen LogP contribution in [0.3, 0.4) is 0 Å². The van der Waals surface area contributed by atoms with Crippen molar-refractivity contribution in [3.63, 3.8) is 0 Å². The van der Waals surface area contributed by atoms with Gasteiger partial charge in [0.1, 0.15) is 11.5 Å². The molecule has 43 heavy (non-hydrogen) atoms. The molecule has 1 heterocycles. The van der Waals surface area contributed by atoms with Crippen molar-refractivity contribution < 1.29 is 46.2 Å². The topological polar surface area (TPSA) is 83.9 Å². The van der Waals surface area contributed by atoms with Gasteiger partial charge in [0, 0.05) is 50.4 Å². The second-order valence-corrected chi connectivity index (χ2v) is 13.2. The molecule has 2 aromatic carbocycles. The van der Waals surface area contributed by atoms with Gasteiger partial charge in [-0.05, 0) is 34.1 Å². The van der Waals surface area contributed by atoms with Crippen LogP contribution >= 0.6 is 0 Å². The number of rotatable bonds is 4. The average Bonchev–Trinajstić information content (AvgIpc) is 2.91. The molecule has 1 aliphatic rings. The zero-order valence-corrected chi connectivity index (χ0v) is 28.0. The Balaban J connectivity index is 0.00000645. The summed E-state index contributed by atoms with van der Waals surface area (Å²) in [6, 6.07) is 11.8. The second-order valence-electron chi connectivity index (χ2n) is 13.2. The zero-order valence-electron chi connectivity index (χ0n) is 27.1. The molecule has 245 valence electrons. The van der Waals surface area contributed by atoms with Gasteiger partial charge in [-0.3, -0.25) is 9.80 Å². The Labute approximate surface area is 270 Å². The monoisotopic (exact) mass is 649 g/mol. The number of phenols is 2. The predicted molar refractivity (Wildman–Crippen MR) is 167 cm³/mol. The summed E-state index contributed by atoms with van der Waals surface area (Å²) in [5.41, 5.74) is 4.26. The number of phenolic OH excluding ortho intramolecular Hbond substituents is 2. The van der Waals surface area contributed by atoms with E-state index < -0.39 is 0 Å². The summed E-state index contributed by atoms with van der Waals surface area (Å²) in [5, 5.41) is 21.1. The predicted octanol–water partition coefficient (Wildman–Crippen LogP) is 5.07. The maximum Gasteiger partial charge on any atom is 2.00 e. The fourth-order valence-electron chi connectivity index (χ4n) is 4.80. The molecule has 0 aromatic heterocycles. The third-order valence-corrected chi connectivity index (χ3v) is 7.63. The van der Waals surface area contributed by atoms with Crippen LogP contribution in [0.5, 0.6) is 11.5 Å². The third-order valence-electron chi connectivity index (χ3n) is 7.63. The van der Waals surface area contributed by atoms with Gasteiger partial charge in [-0.25, -0.2) is 0 Å². The molecule has 1 saturated heterocycles. The van der Waals surface area contributed by atoms with Crippen molar-refractivity contribution in [3.8, 4) is 11.5 Å². The van der Waals surface area contributed by atoms with E-state index in [1.165, 1.54) is 11.1 Å². The molecule has 0 unspecified atom stereocenters. The zero-order chi connectivity index (χ0) is 30.6. The average molecular weight is 650 g/mol. The summed E-state index contributed by atoms with van der Waals surface area (Å²) in [7, 11) is 0. The normalized spacial score (nSPS) is 18.4. The molecule has 2 aromatic rings. The molecule has 3 rings (SSSR count). The van der Waals surface area contributed by atoms with Crippen LogP contribution in [0.4, 0.5) is 0 Å². The molecule has 0 aliphatic carbocycles. The molecule has 1 aliphatic heterocycles. The van der Waals surface area contributed by atoms with Gasteiger partial charge in [0.2, 0.25) is 0 Å². The molecule has 1 radical (unpaired) electrons. The van der Waals surface area contributed by atoms with E-state index in [0.29, 0.717) is 77.4 Å². The van der Waals surface area contributed by atoms with Crippen LogP contribution in [-0.2, 0) is 59.9 Å². The first-order valence-electron chi connectivity index (χ1n) is 15.3. The van der Waals surface area contributed by atoms with Gasteiger partial charge in [0.25, 0.3) is 0 Å². The molecule has 0 atom stereocenters. The molecular formula is C34H54CuN2O6+2. The van der Waals surface area contributed by atoms with Crippen LogP contribution in [-0.4, -0.2) is 99.0 Å². The summed E-state index contributed by atoms with van der Waals surface area (Å²) in [5.74, 6) is 0.634. The molecule has 0 bridgehead atoms. The molecule has 8 nitrogen and oxygen atoms in total. The van der Waals surface area contributed by atoms with E-state index in [4.69, 9.17) is 18.9 Å². The fraction of sp³-hybridized carbons (Fsp3) is 0.647. The van der Waals surface area contributed by atoms with Crippen molar-refractivity contribution in [2.75, 3.05) is 79.0 Å². The first kappa shape index (κ1) is 37.5. The number of ether oxygens (including phenoxy) is 4. The third kappa shape index (κ3) is 13.5. The fourth-order valence-corrected chi connectivity index (χ4v) is 4.80. The Morgan fingerprint density at radius 3 is 1.12 bits per heavy atom. The van der Waals surface area contributed by atoms with E-state index in [-0.39, 0.29) is 27.9 Å². The Kier molecular flexibility index (Phi) is 16.0. The van der Waals surface area contributed by atoms with Crippen LogP contribution in [0, 0.1) is 0 Å². The van der Waals surface area contributed by atoms with E-state index in [2.05, 4.69) is 63.5 Å². The largest absolute Gasteiger partial charge is 2.00 e. The Bertz CT molecular complexity index is 980. The molecule has 2 N–H and O–H groups in total. The number of aromatic hydroxyl groups is 2. The van der Waals surface area contributed by atoms with Gasteiger partial charge in [-0.15, -0.1) is 0 Å². The van der Waals surface area contributed by atoms with E-state index in [1.807, 2.05) is 12.1 Å². The van der Waals surface area contributed by atoms with Crippen LogP contribution in [0.25, 0.3) is 0 Å². The van der Waals surface area contributed by atoms with E-state index in [9.17, 15) is 10.2 Å². The molecule has 0 saturated carbocycles. The minimum absolute atomic E-state index is 0. The summed E-state index contributed by atoms with van der Waals surface area (Å²) in [6.07, 6.45) is 0. The Hall–Kier alpha value is -1.68.